The van der Waals surface area contributed by atoms with Gasteiger partial charge in [0.15, 0.2) is 11.5 Å². The first kappa shape index (κ1) is 17.1. The molecule has 1 heterocycles. The molecule has 0 unspecified atom stereocenters. The highest BCUT2D eigenvalue weighted by Gasteiger charge is 2.18. The molecule has 0 atom stereocenters. The topological polar surface area (TPSA) is 38.8 Å². The molecule has 0 N–H and O–H groups in total. The van der Waals surface area contributed by atoms with Gasteiger partial charge in [0, 0.05) is 23.1 Å². The number of carbonyl (C=O) groups excluding carboxylic acids is 1. The number of benzene rings is 1. The third kappa shape index (κ3) is 3.93. The number of ether oxygens (including phenoxy) is 2. The Morgan fingerprint density at radius 3 is 2.65 bits per heavy atom. The summed E-state index contributed by atoms with van der Waals surface area (Å²) in [7, 11) is 4.96. The molecule has 2 rings (SSSR count). The van der Waals surface area contributed by atoms with E-state index in [1.54, 1.807) is 43.6 Å². The van der Waals surface area contributed by atoms with Gasteiger partial charge in [0.05, 0.1) is 20.8 Å². The van der Waals surface area contributed by atoms with Crippen LogP contribution < -0.4 is 9.47 Å². The highest BCUT2D eigenvalue weighted by molar-refractivity contribution is 7.09. The van der Waals surface area contributed by atoms with Crippen molar-refractivity contribution in [3.05, 3.63) is 51.7 Å². The number of carbonyl (C=O) groups is 1. The number of hydrogen-bond acceptors (Lipinski definition) is 4. The summed E-state index contributed by atoms with van der Waals surface area (Å²) in [5.41, 5.74) is 1.40. The van der Waals surface area contributed by atoms with E-state index in [0.717, 1.165) is 10.4 Å². The minimum atomic E-state index is -0.0508. The lowest BCUT2D eigenvalue weighted by atomic mass is 10.1. The molecule has 0 saturated carbocycles. The van der Waals surface area contributed by atoms with Crippen molar-refractivity contribution in [2.75, 3.05) is 21.3 Å². The highest BCUT2D eigenvalue weighted by atomic mass is 32.1. The molecule has 0 aliphatic carbocycles. The first-order valence-electron chi connectivity index (χ1n) is 7.27. The van der Waals surface area contributed by atoms with E-state index >= 15 is 0 Å². The molecule has 4 nitrogen and oxygen atoms in total. The van der Waals surface area contributed by atoms with Crippen LogP contribution in [-0.4, -0.2) is 32.1 Å². The van der Waals surface area contributed by atoms with Gasteiger partial charge >= 0.3 is 0 Å². The van der Waals surface area contributed by atoms with Crippen molar-refractivity contribution in [1.29, 1.82) is 0 Å². The number of nitrogens with zero attached hydrogens (tertiary/aromatic N) is 1. The van der Waals surface area contributed by atoms with Gasteiger partial charge in [-0.2, -0.15) is 0 Å². The van der Waals surface area contributed by atoms with E-state index in [9.17, 15) is 4.79 Å². The fourth-order valence-electron chi connectivity index (χ4n) is 2.35. The SMILES string of the molecule is CC=Cc1cc(C(=O)N(C)Cc2cccs2)cc(OC)c1OC. The van der Waals surface area contributed by atoms with Crippen LogP contribution in [0.5, 0.6) is 11.5 Å². The summed E-state index contributed by atoms with van der Waals surface area (Å²) in [6, 6.07) is 7.56. The molecule has 0 aliphatic rings. The van der Waals surface area contributed by atoms with Gasteiger partial charge < -0.3 is 14.4 Å². The average Bonchev–Trinajstić information content (AvgIpc) is 3.06. The van der Waals surface area contributed by atoms with Crippen LogP contribution in [0.2, 0.25) is 0 Å². The van der Waals surface area contributed by atoms with E-state index in [1.807, 2.05) is 42.7 Å². The number of hydrogen-bond donors (Lipinski definition) is 0. The third-order valence-electron chi connectivity index (χ3n) is 3.42. The molecule has 1 amide bonds. The van der Waals surface area contributed by atoms with Crippen LogP contribution in [0.1, 0.15) is 27.7 Å². The van der Waals surface area contributed by atoms with E-state index in [0.29, 0.717) is 23.6 Å². The van der Waals surface area contributed by atoms with Gasteiger partial charge in [-0.05, 0) is 30.5 Å². The Labute approximate surface area is 141 Å². The summed E-state index contributed by atoms with van der Waals surface area (Å²) in [5, 5.41) is 2.01. The Bertz CT molecular complexity index is 693. The molecule has 1 aromatic heterocycles. The first-order chi connectivity index (χ1) is 11.1. The second-order valence-corrected chi connectivity index (χ2v) is 6.07. The average molecular weight is 331 g/mol. The van der Waals surface area contributed by atoms with Crippen LogP contribution in [0.4, 0.5) is 0 Å². The number of amides is 1. The van der Waals surface area contributed by atoms with Crippen molar-refractivity contribution >= 4 is 23.3 Å². The monoisotopic (exact) mass is 331 g/mol. The molecular weight excluding hydrogens is 310 g/mol. The Morgan fingerprint density at radius 2 is 2.09 bits per heavy atom. The normalized spacial score (nSPS) is 10.8. The van der Waals surface area contributed by atoms with Crippen molar-refractivity contribution in [2.24, 2.45) is 0 Å². The van der Waals surface area contributed by atoms with Crippen molar-refractivity contribution in [3.63, 3.8) is 0 Å². The van der Waals surface area contributed by atoms with Gasteiger partial charge in [-0.25, -0.2) is 0 Å². The van der Waals surface area contributed by atoms with E-state index in [1.165, 1.54) is 0 Å². The molecule has 122 valence electrons. The largest absolute Gasteiger partial charge is 0.493 e. The fourth-order valence-corrected chi connectivity index (χ4v) is 3.11. The molecule has 5 heteroatoms. The fraction of sp³-hybridized carbons (Fsp3) is 0.278. The molecule has 1 aromatic carbocycles. The molecule has 2 aromatic rings. The van der Waals surface area contributed by atoms with Crippen molar-refractivity contribution < 1.29 is 14.3 Å². The molecule has 0 fully saturated rings. The maximum atomic E-state index is 12.7. The molecule has 0 aliphatic heterocycles. The Kier molecular flexibility index (Phi) is 5.82. The zero-order valence-electron chi connectivity index (χ0n) is 13.8. The van der Waals surface area contributed by atoms with Gasteiger partial charge in [0.2, 0.25) is 0 Å². The summed E-state index contributed by atoms with van der Waals surface area (Å²) >= 11 is 1.64. The van der Waals surface area contributed by atoms with Gasteiger partial charge in [0.25, 0.3) is 5.91 Å². The van der Waals surface area contributed by atoms with Gasteiger partial charge in [-0.3, -0.25) is 4.79 Å². The molecule has 0 saturated heterocycles. The summed E-state index contributed by atoms with van der Waals surface area (Å²) in [6.07, 6.45) is 3.80. The lowest BCUT2D eigenvalue weighted by Gasteiger charge is -2.18. The van der Waals surface area contributed by atoms with Crippen molar-refractivity contribution in [2.45, 2.75) is 13.5 Å². The lowest BCUT2D eigenvalue weighted by molar-refractivity contribution is 0.0786. The highest BCUT2D eigenvalue weighted by Crippen LogP contribution is 2.34. The Morgan fingerprint density at radius 1 is 1.30 bits per heavy atom. The van der Waals surface area contributed by atoms with Crippen LogP contribution in [0.3, 0.4) is 0 Å². The molecular formula is C18H21NO3S. The Hall–Kier alpha value is -2.27. The first-order valence-corrected chi connectivity index (χ1v) is 8.15. The van der Waals surface area contributed by atoms with Crippen molar-refractivity contribution in [3.8, 4) is 11.5 Å². The number of allylic oxidation sites excluding steroid dienone is 1. The van der Waals surface area contributed by atoms with E-state index < -0.39 is 0 Å². The summed E-state index contributed by atoms with van der Waals surface area (Å²) in [6.45, 7) is 2.51. The maximum absolute atomic E-state index is 12.7. The number of methoxy groups -OCH3 is 2. The van der Waals surface area contributed by atoms with Crippen LogP contribution >= 0.6 is 11.3 Å². The van der Waals surface area contributed by atoms with Crippen LogP contribution in [0, 0.1) is 0 Å². The van der Waals surface area contributed by atoms with Crippen LogP contribution in [-0.2, 0) is 6.54 Å². The third-order valence-corrected chi connectivity index (χ3v) is 4.28. The summed E-state index contributed by atoms with van der Waals surface area (Å²) in [5.74, 6) is 1.13. The Balaban J connectivity index is 2.34. The second-order valence-electron chi connectivity index (χ2n) is 5.04. The molecule has 0 spiro atoms. The maximum Gasteiger partial charge on any atom is 0.254 e. The minimum absolute atomic E-state index is 0.0508. The van der Waals surface area contributed by atoms with Crippen LogP contribution in [0.15, 0.2) is 35.7 Å². The smallest absolute Gasteiger partial charge is 0.254 e. The minimum Gasteiger partial charge on any atom is -0.493 e. The molecule has 0 bridgehead atoms. The molecule has 0 radical (unpaired) electrons. The number of rotatable bonds is 6. The van der Waals surface area contributed by atoms with Crippen LogP contribution in [0.25, 0.3) is 6.08 Å². The van der Waals surface area contributed by atoms with Gasteiger partial charge in [-0.1, -0.05) is 18.2 Å². The summed E-state index contributed by atoms with van der Waals surface area (Å²) < 4.78 is 10.8. The van der Waals surface area contributed by atoms with Gasteiger partial charge in [0.1, 0.15) is 0 Å². The lowest BCUT2D eigenvalue weighted by Crippen LogP contribution is -2.26. The quantitative estimate of drug-likeness (QED) is 0.801. The van der Waals surface area contributed by atoms with Crippen molar-refractivity contribution in [1.82, 2.24) is 4.90 Å². The van der Waals surface area contributed by atoms with E-state index in [-0.39, 0.29) is 5.91 Å². The molecule has 23 heavy (non-hydrogen) atoms. The predicted octanol–water partition coefficient (Wildman–Crippen LogP) is 4.07. The number of thiophene rings is 1. The standard InChI is InChI=1S/C18H21NO3S/c1-5-7-13-10-14(11-16(21-3)17(13)22-4)18(20)19(2)12-15-8-6-9-23-15/h5-11H,12H2,1-4H3. The zero-order valence-corrected chi connectivity index (χ0v) is 14.6. The second kappa shape index (κ2) is 7.83. The van der Waals surface area contributed by atoms with E-state index in [2.05, 4.69) is 0 Å². The zero-order chi connectivity index (χ0) is 16.8. The van der Waals surface area contributed by atoms with Gasteiger partial charge in [-0.15, -0.1) is 11.3 Å². The van der Waals surface area contributed by atoms with E-state index in [4.69, 9.17) is 9.47 Å². The summed E-state index contributed by atoms with van der Waals surface area (Å²) in [4.78, 5) is 15.6. The predicted molar refractivity (Wildman–Crippen MR) is 94.4 cm³/mol.